The molecule has 0 saturated carbocycles. The molecule has 4 unspecified atom stereocenters. The van der Waals surface area contributed by atoms with Crippen molar-refractivity contribution in [1.82, 2.24) is 0 Å². The topological polar surface area (TPSA) is 108 Å². The van der Waals surface area contributed by atoms with E-state index >= 15 is 0 Å². The molecule has 4 rings (SSSR count). The lowest BCUT2D eigenvalue weighted by Crippen LogP contribution is -2.54. The Hall–Kier alpha value is -3.01. The summed E-state index contributed by atoms with van der Waals surface area (Å²) in [4.78, 5) is 15.2. The van der Waals surface area contributed by atoms with Gasteiger partial charge in [0, 0.05) is 17.7 Å². The minimum Gasteiger partial charge on any atom is -0.424 e. The fourth-order valence-electron chi connectivity index (χ4n) is 5.14. The van der Waals surface area contributed by atoms with E-state index in [2.05, 4.69) is 0 Å². The minimum absolute atomic E-state index is 0.180. The van der Waals surface area contributed by atoms with E-state index in [0.29, 0.717) is 23.6 Å². The van der Waals surface area contributed by atoms with Crippen LogP contribution >= 0.6 is 0 Å². The zero-order valence-corrected chi connectivity index (χ0v) is 28.3. The molecule has 0 radical (unpaired) electrons. The number of esters is 1. The van der Waals surface area contributed by atoms with Crippen LogP contribution in [-0.4, -0.2) is 55.5 Å². The Labute approximate surface area is 274 Å². The van der Waals surface area contributed by atoms with E-state index in [1.807, 2.05) is 54.6 Å². The number of hydrogen-bond donors (Lipinski definition) is 1. The molecule has 0 bridgehead atoms. The van der Waals surface area contributed by atoms with Gasteiger partial charge in [0.25, 0.3) is 5.92 Å². The summed E-state index contributed by atoms with van der Waals surface area (Å²) < 4.78 is 109. The number of carbonyl (C=O) groups is 1. The Morgan fingerprint density at radius 3 is 2.09 bits per heavy atom. The lowest BCUT2D eigenvalue weighted by atomic mass is 9.97. The molecule has 1 saturated heterocycles. The molecule has 4 atom stereocenters. The molecule has 3 aromatic carbocycles. The van der Waals surface area contributed by atoms with Crippen molar-refractivity contribution < 1.29 is 54.3 Å². The van der Waals surface area contributed by atoms with Gasteiger partial charge in [-0.15, -0.1) is 0 Å². The van der Waals surface area contributed by atoms with Gasteiger partial charge < -0.3 is 18.9 Å². The van der Waals surface area contributed by atoms with Crippen LogP contribution < -0.4 is 4.74 Å². The Bertz CT molecular complexity index is 1660. The van der Waals surface area contributed by atoms with E-state index in [0.717, 1.165) is 14.7 Å². The van der Waals surface area contributed by atoms with Crippen LogP contribution in [0.5, 0.6) is 5.75 Å². The second-order valence-corrected chi connectivity index (χ2v) is 15.3. The molecule has 1 N–H and O–H groups in total. The van der Waals surface area contributed by atoms with Crippen LogP contribution in [0.1, 0.15) is 44.4 Å². The van der Waals surface area contributed by atoms with E-state index in [-0.39, 0.29) is 5.75 Å². The van der Waals surface area contributed by atoms with Gasteiger partial charge in [0.15, 0.2) is 20.5 Å². The first-order chi connectivity index (χ1) is 21.8. The molecule has 1 aliphatic rings. The summed E-state index contributed by atoms with van der Waals surface area (Å²) in [6.45, 7) is 7.36. The van der Waals surface area contributed by atoms with Gasteiger partial charge in [0.05, 0.1) is 10.9 Å². The Morgan fingerprint density at radius 1 is 1.00 bits per heavy atom. The average molecular weight is 702 g/mol. The highest BCUT2D eigenvalue weighted by Gasteiger charge is 2.53. The van der Waals surface area contributed by atoms with Gasteiger partial charge >= 0.3 is 21.3 Å². The van der Waals surface area contributed by atoms with Crippen LogP contribution in [0.3, 0.4) is 0 Å². The van der Waals surface area contributed by atoms with Crippen LogP contribution in [-0.2, 0) is 45.8 Å². The Morgan fingerprint density at radius 2 is 1.55 bits per heavy atom. The van der Waals surface area contributed by atoms with Crippen molar-refractivity contribution in [2.45, 2.75) is 85.4 Å². The van der Waals surface area contributed by atoms with Gasteiger partial charge in [0.1, 0.15) is 31.2 Å². The van der Waals surface area contributed by atoms with E-state index in [1.54, 1.807) is 46.8 Å². The van der Waals surface area contributed by atoms with Crippen molar-refractivity contribution in [3.8, 4) is 5.75 Å². The quantitative estimate of drug-likeness (QED) is 0.0744. The third kappa shape index (κ3) is 8.01. The molecule has 1 aliphatic heterocycles. The van der Waals surface area contributed by atoms with Crippen LogP contribution in [0, 0.1) is 19.8 Å². The number of rotatable bonds is 11. The highest BCUT2D eigenvalue weighted by molar-refractivity contribution is 7.97. The predicted octanol–water partition coefficient (Wildman–Crippen LogP) is 7.07. The van der Waals surface area contributed by atoms with Gasteiger partial charge in [-0.2, -0.15) is 17.2 Å². The molecule has 14 heteroatoms. The molecule has 3 aromatic rings. The third-order valence-electron chi connectivity index (χ3n) is 7.66. The van der Waals surface area contributed by atoms with Gasteiger partial charge in [0.2, 0.25) is 0 Å². The van der Waals surface area contributed by atoms with Crippen LogP contribution in [0.15, 0.2) is 81.4 Å². The maximum absolute atomic E-state index is 14.5. The van der Waals surface area contributed by atoms with Crippen LogP contribution in [0.4, 0.5) is 17.6 Å². The molecule has 0 amide bonds. The Balaban J connectivity index is 1.59. The summed E-state index contributed by atoms with van der Waals surface area (Å²) >= 11 is 0. The summed E-state index contributed by atoms with van der Waals surface area (Å²) in [5.41, 5.74) is 1.71. The van der Waals surface area contributed by atoms with E-state index in [9.17, 15) is 30.8 Å². The van der Waals surface area contributed by atoms with Gasteiger partial charge in [-0.3, -0.25) is 4.55 Å². The summed E-state index contributed by atoms with van der Waals surface area (Å²) in [5, 5.41) is -4.62. The van der Waals surface area contributed by atoms with Crippen molar-refractivity contribution in [1.29, 1.82) is 0 Å². The summed E-state index contributed by atoms with van der Waals surface area (Å²) in [5.74, 6) is -5.79. The normalized spacial score (nSPS) is 21.3. The molecule has 0 aromatic heterocycles. The molecule has 1 fully saturated rings. The largest absolute Gasteiger partial charge is 0.424 e. The first-order valence-corrected chi connectivity index (χ1v) is 17.3. The maximum atomic E-state index is 14.5. The number of benzene rings is 3. The molecular weight excluding hydrogens is 664 g/mol. The molecule has 0 spiro atoms. The zero-order valence-electron chi connectivity index (χ0n) is 26.6. The van der Waals surface area contributed by atoms with Crippen LogP contribution in [0.25, 0.3) is 0 Å². The summed E-state index contributed by atoms with van der Waals surface area (Å²) in [6.07, 6.45) is -3.63. The molecule has 47 heavy (non-hydrogen) atoms. The summed E-state index contributed by atoms with van der Waals surface area (Å²) in [7, 11) is -6.42. The Kier molecular flexibility index (Phi) is 10.8. The number of hydrogen-bond acceptors (Lipinski definition) is 7. The fraction of sp³-hybridized carbons (Fsp3) is 0.424. The van der Waals surface area contributed by atoms with Gasteiger partial charge in [-0.05, 0) is 81.1 Å². The van der Waals surface area contributed by atoms with Crippen LogP contribution in [0.2, 0.25) is 0 Å². The number of aryl methyl sites for hydroxylation is 2. The molecular formula is C33H37F4O8S2+. The predicted molar refractivity (Wildman–Crippen MR) is 166 cm³/mol. The lowest BCUT2D eigenvalue weighted by Gasteiger charge is -2.44. The molecule has 0 aliphatic carbocycles. The first-order valence-electron chi connectivity index (χ1n) is 14.6. The average Bonchev–Trinajstić information content (AvgIpc) is 2.99. The van der Waals surface area contributed by atoms with Crippen molar-refractivity contribution in [2.75, 3.05) is 13.2 Å². The van der Waals surface area contributed by atoms with E-state index in [1.165, 1.54) is 0 Å². The number of carbonyl (C=O) groups excluding carboxylic acids is 1. The van der Waals surface area contributed by atoms with Crippen molar-refractivity contribution in [3.63, 3.8) is 0 Å². The smallest absolute Gasteiger partial charge is 0.394 e. The number of ether oxygens (including phenoxy) is 4. The molecule has 8 nitrogen and oxygen atoms in total. The van der Waals surface area contributed by atoms with Crippen molar-refractivity contribution in [3.05, 3.63) is 83.4 Å². The first kappa shape index (κ1) is 36.8. The zero-order chi connectivity index (χ0) is 34.9. The molecule has 256 valence electrons. The van der Waals surface area contributed by atoms with Crippen molar-refractivity contribution in [2.24, 2.45) is 5.92 Å². The SMILES string of the molecule is Cc1cc([S+](c2ccccc2)c2ccc(C3(C)OCC(F)(F)C(C(C)C)O3)cc2)cc(C)c1OC(=O)COC(C)C(F)(F)S(=O)(=O)O. The lowest BCUT2D eigenvalue weighted by molar-refractivity contribution is -0.368. The second-order valence-electron chi connectivity index (χ2n) is 11.8. The monoisotopic (exact) mass is 701 g/mol. The van der Waals surface area contributed by atoms with Gasteiger partial charge in [-0.25, -0.2) is 13.6 Å². The standard InChI is InChI=1S/C33H36F4O8S2/c1-20(2)30-32(34,35)19-43-31(6,45-30)24-12-14-26(15-13-24)46(25-10-8-7-9-11-25)27-16-21(3)29(22(4)17-27)44-28(38)18-42-23(5)33(36,37)47(39,40)41/h7-17,20,23,30H,18-19H2,1-6H3/p+1. The second kappa shape index (κ2) is 13.8. The number of alkyl halides is 4. The summed E-state index contributed by atoms with van der Waals surface area (Å²) in [6, 6.07) is 20.7. The van der Waals surface area contributed by atoms with E-state index < -0.39 is 75.3 Å². The highest BCUT2D eigenvalue weighted by Crippen LogP contribution is 2.43. The third-order valence-corrected chi connectivity index (χ3v) is 10.9. The highest BCUT2D eigenvalue weighted by atomic mass is 32.2. The maximum Gasteiger partial charge on any atom is 0.394 e. The van der Waals surface area contributed by atoms with E-state index in [4.69, 9.17) is 23.5 Å². The number of halogens is 4. The molecule has 1 heterocycles. The van der Waals surface area contributed by atoms with Gasteiger partial charge in [-0.1, -0.05) is 32.0 Å². The minimum atomic E-state index is -5.75. The fourth-order valence-corrected chi connectivity index (χ4v) is 7.88. The van der Waals surface area contributed by atoms with Crippen molar-refractivity contribution >= 4 is 27.0 Å².